The fourth-order valence-electron chi connectivity index (χ4n) is 2.39. The standard InChI is InChI=1S/C14H17ClF3N3O/c15-9-1-2-11(16)12(7-9)20-14(22)19-10-3-5-21(6-4-10)8-13(17)18/h1-2,7,10,13H,3-6,8H2,(H2,19,20,22). The number of carbonyl (C=O) groups is 1. The molecular weight excluding hydrogens is 319 g/mol. The maximum atomic E-state index is 13.5. The van der Waals surface area contributed by atoms with E-state index in [1.54, 1.807) is 4.90 Å². The number of hydrogen-bond acceptors (Lipinski definition) is 2. The first-order valence-electron chi connectivity index (χ1n) is 6.97. The summed E-state index contributed by atoms with van der Waals surface area (Å²) >= 11 is 5.74. The summed E-state index contributed by atoms with van der Waals surface area (Å²) in [5.74, 6) is -0.577. The van der Waals surface area contributed by atoms with E-state index in [1.807, 2.05) is 0 Å². The highest BCUT2D eigenvalue weighted by molar-refractivity contribution is 6.30. The first-order chi connectivity index (χ1) is 10.4. The number of urea groups is 1. The van der Waals surface area contributed by atoms with Gasteiger partial charge < -0.3 is 10.6 Å². The Morgan fingerprint density at radius 2 is 2.05 bits per heavy atom. The minimum absolute atomic E-state index is 0.000126. The zero-order chi connectivity index (χ0) is 16.1. The van der Waals surface area contributed by atoms with Crippen molar-refractivity contribution in [2.24, 2.45) is 0 Å². The van der Waals surface area contributed by atoms with Crippen LogP contribution < -0.4 is 10.6 Å². The largest absolute Gasteiger partial charge is 0.335 e. The summed E-state index contributed by atoms with van der Waals surface area (Å²) in [5.41, 5.74) is 0.000126. The maximum Gasteiger partial charge on any atom is 0.319 e. The normalized spacial score (nSPS) is 16.8. The van der Waals surface area contributed by atoms with Gasteiger partial charge in [-0.3, -0.25) is 4.90 Å². The van der Waals surface area contributed by atoms with Crippen LogP contribution in [0.4, 0.5) is 23.7 Å². The third kappa shape index (κ3) is 5.06. The van der Waals surface area contributed by atoms with E-state index < -0.39 is 18.3 Å². The van der Waals surface area contributed by atoms with E-state index in [2.05, 4.69) is 10.6 Å². The van der Waals surface area contributed by atoms with E-state index in [-0.39, 0.29) is 18.3 Å². The van der Waals surface area contributed by atoms with Crippen molar-refractivity contribution < 1.29 is 18.0 Å². The third-order valence-corrected chi connectivity index (χ3v) is 3.73. The van der Waals surface area contributed by atoms with Crippen LogP contribution in [0.1, 0.15) is 12.8 Å². The van der Waals surface area contributed by atoms with E-state index in [0.717, 1.165) is 0 Å². The van der Waals surface area contributed by atoms with E-state index in [1.165, 1.54) is 18.2 Å². The highest BCUT2D eigenvalue weighted by Gasteiger charge is 2.22. The molecule has 1 saturated heterocycles. The average Bonchev–Trinajstić information content (AvgIpc) is 2.44. The molecule has 22 heavy (non-hydrogen) atoms. The number of rotatable bonds is 4. The van der Waals surface area contributed by atoms with Crippen molar-refractivity contribution in [3.05, 3.63) is 29.0 Å². The summed E-state index contributed by atoms with van der Waals surface area (Å²) < 4.78 is 38.0. The van der Waals surface area contributed by atoms with Gasteiger partial charge in [-0.2, -0.15) is 0 Å². The van der Waals surface area contributed by atoms with E-state index in [9.17, 15) is 18.0 Å². The van der Waals surface area contributed by atoms with Crippen LogP contribution in [-0.4, -0.2) is 43.0 Å². The summed E-state index contributed by atoms with van der Waals surface area (Å²) in [4.78, 5) is 13.5. The lowest BCUT2D eigenvalue weighted by atomic mass is 10.1. The molecule has 0 radical (unpaired) electrons. The predicted octanol–water partition coefficient (Wildman–Crippen LogP) is 3.33. The summed E-state index contributed by atoms with van der Waals surface area (Å²) in [6.07, 6.45) is -1.19. The van der Waals surface area contributed by atoms with E-state index >= 15 is 0 Å². The second-order valence-corrected chi connectivity index (χ2v) is 5.63. The molecule has 1 aliphatic heterocycles. The van der Waals surface area contributed by atoms with E-state index in [0.29, 0.717) is 31.0 Å². The van der Waals surface area contributed by atoms with Gasteiger partial charge in [-0.05, 0) is 31.0 Å². The number of benzene rings is 1. The molecule has 0 aromatic heterocycles. The first-order valence-corrected chi connectivity index (χ1v) is 7.35. The van der Waals surface area contributed by atoms with Gasteiger partial charge in [-0.15, -0.1) is 0 Å². The summed E-state index contributed by atoms with van der Waals surface area (Å²) in [6, 6.07) is 3.23. The minimum Gasteiger partial charge on any atom is -0.335 e. The van der Waals surface area contributed by atoms with E-state index in [4.69, 9.17) is 11.6 Å². The van der Waals surface area contributed by atoms with Crippen molar-refractivity contribution >= 4 is 23.3 Å². The number of halogens is 4. The lowest BCUT2D eigenvalue weighted by Crippen LogP contribution is -2.46. The van der Waals surface area contributed by atoms with Gasteiger partial charge in [-0.1, -0.05) is 11.6 Å². The molecule has 0 atom stereocenters. The van der Waals surface area contributed by atoms with Crippen molar-refractivity contribution in [2.45, 2.75) is 25.3 Å². The van der Waals surface area contributed by atoms with Crippen molar-refractivity contribution in [1.29, 1.82) is 0 Å². The van der Waals surface area contributed by atoms with Crippen molar-refractivity contribution in [3.63, 3.8) is 0 Å². The van der Waals surface area contributed by atoms with Gasteiger partial charge >= 0.3 is 6.03 Å². The predicted molar refractivity (Wildman–Crippen MR) is 79.0 cm³/mol. The zero-order valence-electron chi connectivity index (χ0n) is 11.8. The Morgan fingerprint density at radius 1 is 1.36 bits per heavy atom. The number of likely N-dealkylation sites (tertiary alicyclic amines) is 1. The molecule has 0 saturated carbocycles. The molecule has 122 valence electrons. The quantitative estimate of drug-likeness (QED) is 0.886. The fraction of sp³-hybridized carbons (Fsp3) is 0.500. The summed E-state index contributed by atoms with van der Waals surface area (Å²) in [6.45, 7) is 0.758. The Hall–Kier alpha value is -1.47. The summed E-state index contributed by atoms with van der Waals surface area (Å²) in [7, 11) is 0. The van der Waals surface area contributed by atoms with Gasteiger partial charge in [0.05, 0.1) is 12.2 Å². The van der Waals surface area contributed by atoms with Crippen molar-refractivity contribution in [1.82, 2.24) is 10.2 Å². The third-order valence-electron chi connectivity index (χ3n) is 3.50. The Bertz CT molecular complexity index is 522. The second kappa shape index (κ2) is 7.69. The molecule has 2 N–H and O–H groups in total. The number of carbonyl (C=O) groups excluding carboxylic acids is 1. The molecule has 0 spiro atoms. The van der Waals surface area contributed by atoms with Crippen LogP contribution >= 0.6 is 11.6 Å². The molecule has 2 rings (SSSR count). The molecule has 8 heteroatoms. The topological polar surface area (TPSA) is 44.4 Å². The highest BCUT2D eigenvalue weighted by Crippen LogP contribution is 2.19. The van der Waals surface area contributed by atoms with Crippen LogP contribution in [0.25, 0.3) is 0 Å². The number of anilines is 1. The molecule has 1 fully saturated rings. The number of nitrogens with zero attached hydrogens (tertiary/aromatic N) is 1. The molecule has 1 aromatic rings. The minimum atomic E-state index is -2.35. The monoisotopic (exact) mass is 335 g/mol. The number of piperidine rings is 1. The Kier molecular flexibility index (Phi) is 5.90. The SMILES string of the molecule is O=C(Nc1cc(Cl)ccc1F)NC1CCN(CC(F)F)CC1. The van der Waals surface area contributed by atoms with Gasteiger partial charge in [0.1, 0.15) is 5.82 Å². The van der Waals surface area contributed by atoms with Gasteiger partial charge in [0.15, 0.2) is 0 Å². The maximum absolute atomic E-state index is 13.5. The first kappa shape index (κ1) is 16.9. The molecule has 0 aliphatic carbocycles. The van der Waals surface area contributed by atoms with Crippen LogP contribution in [-0.2, 0) is 0 Å². The molecule has 4 nitrogen and oxygen atoms in total. The van der Waals surface area contributed by atoms with Crippen LogP contribution in [0.15, 0.2) is 18.2 Å². The van der Waals surface area contributed by atoms with Gasteiger partial charge in [0.2, 0.25) is 0 Å². The molecule has 2 amide bonds. The highest BCUT2D eigenvalue weighted by atomic mass is 35.5. The average molecular weight is 336 g/mol. The van der Waals surface area contributed by atoms with Crippen LogP contribution in [0, 0.1) is 5.82 Å². The van der Waals surface area contributed by atoms with Crippen LogP contribution in [0.5, 0.6) is 0 Å². The Morgan fingerprint density at radius 3 is 2.68 bits per heavy atom. The lowest BCUT2D eigenvalue weighted by Gasteiger charge is -2.32. The lowest BCUT2D eigenvalue weighted by molar-refractivity contribution is 0.0739. The Balaban J connectivity index is 1.80. The van der Waals surface area contributed by atoms with Gasteiger partial charge in [-0.25, -0.2) is 18.0 Å². The molecule has 0 unspecified atom stereocenters. The number of alkyl halides is 2. The zero-order valence-corrected chi connectivity index (χ0v) is 12.5. The number of hydrogen-bond donors (Lipinski definition) is 2. The van der Waals surface area contributed by atoms with Crippen molar-refractivity contribution in [3.8, 4) is 0 Å². The number of amides is 2. The molecular formula is C14H17ClF3N3O. The smallest absolute Gasteiger partial charge is 0.319 e. The molecule has 0 bridgehead atoms. The number of nitrogens with one attached hydrogen (secondary N) is 2. The van der Waals surface area contributed by atoms with Crippen LogP contribution in [0.3, 0.4) is 0 Å². The Labute approximate surface area is 131 Å². The molecule has 1 aliphatic rings. The van der Waals surface area contributed by atoms with Gasteiger partial charge in [0, 0.05) is 24.2 Å². The second-order valence-electron chi connectivity index (χ2n) is 5.19. The van der Waals surface area contributed by atoms with Gasteiger partial charge in [0.25, 0.3) is 6.43 Å². The van der Waals surface area contributed by atoms with Crippen molar-refractivity contribution in [2.75, 3.05) is 25.0 Å². The fourth-order valence-corrected chi connectivity index (χ4v) is 2.56. The van der Waals surface area contributed by atoms with Crippen LogP contribution in [0.2, 0.25) is 5.02 Å². The molecule has 1 aromatic carbocycles. The molecule has 1 heterocycles. The summed E-state index contributed by atoms with van der Waals surface area (Å²) in [5, 5.41) is 5.43.